The summed E-state index contributed by atoms with van der Waals surface area (Å²) in [6.07, 6.45) is 5.01. The molecule has 3 rings (SSSR count). The van der Waals surface area contributed by atoms with Gasteiger partial charge in [-0.1, -0.05) is 13.8 Å². The molecule has 0 aromatic rings. The van der Waals surface area contributed by atoms with Crippen LogP contribution in [0.2, 0.25) is 0 Å². The second-order valence-electron chi connectivity index (χ2n) is 6.45. The van der Waals surface area contributed by atoms with E-state index in [1.165, 1.54) is 25.7 Å². The minimum absolute atomic E-state index is 0.393. The molecule has 0 N–H and O–H groups in total. The fraction of sp³-hybridized carbons (Fsp3) is 0.929. The molecule has 1 heterocycles. The van der Waals surface area contributed by atoms with Gasteiger partial charge in [0.1, 0.15) is 0 Å². The van der Waals surface area contributed by atoms with Crippen LogP contribution in [-0.4, -0.2) is 23.9 Å². The Morgan fingerprint density at radius 2 is 1.75 bits per heavy atom. The van der Waals surface area contributed by atoms with E-state index >= 15 is 0 Å². The molecule has 0 spiro atoms. The molecule has 2 nitrogen and oxygen atoms in total. The number of fused-ring (bicyclic) bond motifs is 1. The average molecular weight is 221 g/mol. The van der Waals surface area contributed by atoms with Crippen molar-refractivity contribution in [1.82, 2.24) is 4.90 Å². The number of amides is 1. The van der Waals surface area contributed by atoms with Gasteiger partial charge in [0.25, 0.3) is 0 Å². The van der Waals surface area contributed by atoms with Crippen LogP contribution in [0, 0.1) is 29.6 Å². The van der Waals surface area contributed by atoms with Crippen LogP contribution in [0.15, 0.2) is 0 Å². The lowest BCUT2D eigenvalue weighted by molar-refractivity contribution is -0.138. The molecule has 0 aromatic heterocycles. The Bertz CT molecular complexity index is 291. The summed E-state index contributed by atoms with van der Waals surface area (Å²) in [5.41, 5.74) is 0. The zero-order valence-corrected chi connectivity index (χ0v) is 10.5. The first kappa shape index (κ1) is 10.6. The zero-order chi connectivity index (χ0) is 11.3. The van der Waals surface area contributed by atoms with Gasteiger partial charge in [0.2, 0.25) is 5.91 Å². The number of rotatable bonds is 1. The van der Waals surface area contributed by atoms with E-state index in [-0.39, 0.29) is 0 Å². The standard InChI is InChI=1S/C14H23NO/c1-9-3-4-15(8-10(9)2)14(16)13-6-11-5-12(11)7-13/h9-13H,3-8H2,1-2H3. The number of carbonyl (C=O) groups is 1. The Labute approximate surface area is 98.4 Å². The topological polar surface area (TPSA) is 20.3 Å². The third-order valence-electron chi connectivity index (χ3n) is 5.24. The van der Waals surface area contributed by atoms with Crippen LogP contribution in [0.1, 0.15) is 39.5 Å². The number of carbonyl (C=O) groups excluding carboxylic acids is 1. The first-order chi connectivity index (χ1) is 7.65. The minimum atomic E-state index is 0.393. The number of piperidine rings is 1. The molecule has 0 bridgehead atoms. The minimum Gasteiger partial charge on any atom is -0.342 e. The van der Waals surface area contributed by atoms with Crippen LogP contribution in [0.5, 0.6) is 0 Å². The Morgan fingerprint density at radius 1 is 1.06 bits per heavy atom. The molecule has 3 aliphatic rings. The average Bonchev–Trinajstić information content (AvgIpc) is 2.89. The first-order valence-corrected chi connectivity index (χ1v) is 6.94. The highest BCUT2D eigenvalue weighted by atomic mass is 16.2. The van der Waals surface area contributed by atoms with Gasteiger partial charge in [-0.25, -0.2) is 0 Å². The fourth-order valence-electron chi connectivity index (χ4n) is 3.64. The fourth-order valence-corrected chi connectivity index (χ4v) is 3.64. The molecule has 4 unspecified atom stereocenters. The van der Waals surface area contributed by atoms with Gasteiger partial charge in [0.05, 0.1) is 0 Å². The van der Waals surface area contributed by atoms with Gasteiger partial charge in [-0.05, 0) is 49.4 Å². The normalized spacial score (nSPS) is 46.6. The van der Waals surface area contributed by atoms with E-state index in [1.54, 1.807) is 0 Å². The van der Waals surface area contributed by atoms with Crippen molar-refractivity contribution >= 4 is 5.91 Å². The van der Waals surface area contributed by atoms with Crippen molar-refractivity contribution in [3.63, 3.8) is 0 Å². The molecule has 2 heteroatoms. The van der Waals surface area contributed by atoms with Crippen LogP contribution < -0.4 is 0 Å². The maximum Gasteiger partial charge on any atom is 0.225 e. The van der Waals surface area contributed by atoms with Crippen LogP contribution in [0.4, 0.5) is 0 Å². The van der Waals surface area contributed by atoms with E-state index < -0.39 is 0 Å². The molecular formula is C14H23NO. The lowest BCUT2D eigenvalue weighted by Gasteiger charge is -2.36. The molecule has 0 radical (unpaired) electrons. The zero-order valence-electron chi connectivity index (χ0n) is 10.5. The lowest BCUT2D eigenvalue weighted by atomic mass is 9.88. The number of likely N-dealkylation sites (tertiary alicyclic amines) is 1. The summed E-state index contributed by atoms with van der Waals surface area (Å²) in [6, 6.07) is 0. The van der Waals surface area contributed by atoms with Gasteiger partial charge >= 0.3 is 0 Å². The first-order valence-electron chi connectivity index (χ1n) is 6.94. The second-order valence-corrected chi connectivity index (χ2v) is 6.45. The number of nitrogens with zero attached hydrogens (tertiary/aromatic N) is 1. The quantitative estimate of drug-likeness (QED) is 0.666. The molecule has 16 heavy (non-hydrogen) atoms. The van der Waals surface area contributed by atoms with Crippen molar-refractivity contribution in [2.45, 2.75) is 39.5 Å². The molecule has 3 fully saturated rings. The third kappa shape index (κ3) is 1.76. The maximum absolute atomic E-state index is 12.3. The Morgan fingerprint density at radius 3 is 2.38 bits per heavy atom. The molecule has 2 aliphatic carbocycles. The summed E-state index contributed by atoms with van der Waals surface area (Å²) in [5, 5.41) is 0. The molecule has 2 saturated carbocycles. The van der Waals surface area contributed by atoms with E-state index in [0.29, 0.717) is 17.7 Å². The summed E-state index contributed by atoms with van der Waals surface area (Å²) in [6.45, 7) is 6.62. The second kappa shape index (κ2) is 3.75. The Balaban J connectivity index is 1.58. The maximum atomic E-state index is 12.3. The molecule has 1 aliphatic heterocycles. The van der Waals surface area contributed by atoms with Crippen LogP contribution in [0.25, 0.3) is 0 Å². The largest absolute Gasteiger partial charge is 0.342 e. The summed E-state index contributed by atoms with van der Waals surface area (Å²) in [7, 11) is 0. The van der Waals surface area contributed by atoms with Gasteiger partial charge in [0.15, 0.2) is 0 Å². The van der Waals surface area contributed by atoms with Gasteiger partial charge in [-0.2, -0.15) is 0 Å². The van der Waals surface area contributed by atoms with Crippen LogP contribution >= 0.6 is 0 Å². The summed E-state index contributed by atoms with van der Waals surface area (Å²) in [5.74, 6) is 4.20. The van der Waals surface area contributed by atoms with Crippen molar-refractivity contribution in [1.29, 1.82) is 0 Å². The van der Waals surface area contributed by atoms with E-state index in [4.69, 9.17) is 0 Å². The van der Waals surface area contributed by atoms with Crippen molar-refractivity contribution in [3.8, 4) is 0 Å². The molecule has 0 aromatic carbocycles. The smallest absolute Gasteiger partial charge is 0.225 e. The molecule has 1 saturated heterocycles. The monoisotopic (exact) mass is 221 g/mol. The Kier molecular flexibility index (Phi) is 2.49. The number of hydrogen-bond acceptors (Lipinski definition) is 1. The number of hydrogen-bond donors (Lipinski definition) is 0. The van der Waals surface area contributed by atoms with Gasteiger partial charge in [-0.15, -0.1) is 0 Å². The van der Waals surface area contributed by atoms with Crippen molar-refractivity contribution in [2.24, 2.45) is 29.6 Å². The van der Waals surface area contributed by atoms with Gasteiger partial charge in [0, 0.05) is 19.0 Å². The predicted molar refractivity (Wildman–Crippen MR) is 63.8 cm³/mol. The predicted octanol–water partition coefficient (Wildman–Crippen LogP) is 2.54. The van der Waals surface area contributed by atoms with E-state index in [2.05, 4.69) is 18.7 Å². The highest BCUT2D eigenvalue weighted by Crippen LogP contribution is 2.54. The van der Waals surface area contributed by atoms with Crippen LogP contribution in [0.3, 0.4) is 0 Å². The SMILES string of the molecule is CC1CCN(C(=O)C2CC3CC3C2)CC1C. The lowest BCUT2D eigenvalue weighted by Crippen LogP contribution is -2.44. The van der Waals surface area contributed by atoms with E-state index in [0.717, 1.165) is 30.8 Å². The van der Waals surface area contributed by atoms with Gasteiger partial charge in [-0.3, -0.25) is 4.79 Å². The van der Waals surface area contributed by atoms with Crippen molar-refractivity contribution in [3.05, 3.63) is 0 Å². The summed E-state index contributed by atoms with van der Waals surface area (Å²) >= 11 is 0. The van der Waals surface area contributed by atoms with E-state index in [9.17, 15) is 4.79 Å². The van der Waals surface area contributed by atoms with Crippen molar-refractivity contribution in [2.75, 3.05) is 13.1 Å². The molecule has 1 amide bonds. The third-order valence-corrected chi connectivity index (χ3v) is 5.24. The summed E-state index contributed by atoms with van der Waals surface area (Å²) in [4.78, 5) is 14.5. The molecule has 90 valence electrons. The highest BCUT2D eigenvalue weighted by Gasteiger charge is 2.49. The van der Waals surface area contributed by atoms with E-state index in [1.807, 2.05) is 0 Å². The Hall–Kier alpha value is -0.530. The molecular weight excluding hydrogens is 198 g/mol. The van der Waals surface area contributed by atoms with Crippen LogP contribution in [-0.2, 0) is 4.79 Å². The highest BCUT2D eigenvalue weighted by molar-refractivity contribution is 5.79. The molecule has 4 atom stereocenters. The summed E-state index contributed by atoms with van der Waals surface area (Å²) < 4.78 is 0. The van der Waals surface area contributed by atoms with Crippen molar-refractivity contribution < 1.29 is 4.79 Å². The van der Waals surface area contributed by atoms with Gasteiger partial charge < -0.3 is 4.90 Å².